The van der Waals surface area contributed by atoms with E-state index in [9.17, 15) is 9.59 Å². The SMILES string of the molecule is CCC(=O)N1CCC(NC(=O)C(C)C(N)c2ccccc2)C1. The van der Waals surface area contributed by atoms with Crippen LogP contribution < -0.4 is 11.1 Å². The molecular weight excluding hydrogens is 278 g/mol. The number of benzene rings is 1. The monoisotopic (exact) mass is 303 g/mol. The molecule has 0 aliphatic carbocycles. The predicted molar refractivity (Wildman–Crippen MR) is 86.0 cm³/mol. The highest BCUT2D eigenvalue weighted by Crippen LogP contribution is 2.20. The van der Waals surface area contributed by atoms with Crippen LogP contribution >= 0.6 is 0 Å². The molecule has 1 aliphatic heterocycles. The highest BCUT2D eigenvalue weighted by atomic mass is 16.2. The number of nitrogens with two attached hydrogens (primary N) is 1. The van der Waals surface area contributed by atoms with Crippen molar-refractivity contribution in [2.45, 2.75) is 38.8 Å². The summed E-state index contributed by atoms with van der Waals surface area (Å²) < 4.78 is 0. The van der Waals surface area contributed by atoms with E-state index in [1.54, 1.807) is 0 Å². The average molecular weight is 303 g/mol. The molecule has 1 fully saturated rings. The van der Waals surface area contributed by atoms with E-state index < -0.39 is 0 Å². The molecule has 1 aromatic rings. The van der Waals surface area contributed by atoms with Crippen molar-refractivity contribution in [3.8, 4) is 0 Å². The van der Waals surface area contributed by atoms with Gasteiger partial charge in [-0.05, 0) is 12.0 Å². The van der Waals surface area contributed by atoms with Gasteiger partial charge in [-0.2, -0.15) is 0 Å². The van der Waals surface area contributed by atoms with Crippen molar-refractivity contribution >= 4 is 11.8 Å². The van der Waals surface area contributed by atoms with Gasteiger partial charge in [-0.15, -0.1) is 0 Å². The second kappa shape index (κ2) is 7.40. The highest BCUT2D eigenvalue weighted by molar-refractivity contribution is 5.80. The summed E-state index contributed by atoms with van der Waals surface area (Å²) in [5, 5.41) is 3.03. The molecule has 2 rings (SSSR count). The number of amides is 2. The Labute approximate surface area is 131 Å². The third-order valence-electron chi connectivity index (χ3n) is 4.33. The fraction of sp³-hybridized carbons (Fsp3) is 0.529. The molecule has 2 amide bonds. The van der Waals surface area contributed by atoms with Crippen LogP contribution in [0.25, 0.3) is 0 Å². The van der Waals surface area contributed by atoms with Crippen LogP contribution in [-0.2, 0) is 9.59 Å². The quantitative estimate of drug-likeness (QED) is 0.864. The molecule has 5 nitrogen and oxygen atoms in total. The predicted octanol–water partition coefficient (Wildman–Crippen LogP) is 1.45. The maximum Gasteiger partial charge on any atom is 0.225 e. The van der Waals surface area contributed by atoms with Crippen molar-refractivity contribution in [3.63, 3.8) is 0 Å². The Hall–Kier alpha value is -1.88. The molecule has 22 heavy (non-hydrogen) atoms. The van der Waals surface area contributed by atoms with Crippen LogP contribution in [0.5, 0.6) is 0 Å². The average Bonchev–Trinajstić information content (AvgIpc) is 3.01. The molecule has 1 aromatic carbocycles. The van der Waals surface area contributed by atoms with Gasteiger partial charge in [0.2, 0.25) is 11.8 Å². The summed E-state index contributed by atoms with van der Waals surface area (Å²) in [6.07, 6.45) is 1.32. The second-order valence-electron chi connectivity index (χ2n) is 5.91. The normalized spacial score (nSPS) is 20.5. The summed E-state index contributed by atoms with van der Waals surface area (Å²) in [5.74, 6) is -0.212. The van der Waals surface area contributed by atoms with Crippen LogP contribution in [0.1, 0.15) is 38.3 Å². The van der Waals surface area contributed by atoms with Crippen molar-refractivity contribution in [2.75, 3.05) is 13.1 Å². The lowest BCUT2D eigenvalue weighted by Crippen LogP contribution is -2.43. The van der Waals surface area contributed by atoms with Crippen molar-refractivity contribution in [1.29, 1.82) is 0 Å². The van der Waals surface area contributed by atoms with Gasteiger partial charge >= 0.3 is 0 Å². The standard InChI is InChI=1S/C17H25N3O2/c1-3-15(21)20-10-9-14(11-20)19-17(22)12(2)16(18)13-7-5-4-6-8-13/h4-8,12,14,16H,3,9-11,18H2,1-2H3,(H,19,22). The van der Waals surface area contributed by atoms with Crippen molar-refractivity contribution < 1.29 is 9.59 Å². The second-order valence-corrected chi connectivity index (χ2v) is 5.91. The topological polar surface area (TPSA) is 75.4 Å². The first kappa shape index (κ1) is 16.5. The minimum atomic E-state index is -0.323. The molecule has 1 heterocycles. The van der Waals surface area contributed by atoms with Crippen LogP contribution in [0, 0.1) is 5.92 Å². The molecule has 5 heteroatoms. The van der Waals surface area contributed by atoms with Gasteiger partial charge in [0.15, 0.2) is 0 Å². The summed E-state index contributed by atoms with van der Waals surface area (Å²) >= 11 is 0. The molecule has 0 saturated carbocycles. The van der Waals surface area contributed by atoms with E-state index in [-0.39, 0.29) is 29.8 Å². The van der Waals surface area contributed by atoms with Gasteiger partial charge < -0.3 is 16.0 Å². The first-order valence-electron chi connectivity index (χ1n) is 7.91. The van der Waals surface area contributed by atoms with Gasteiger partial charge in [-0.25, -0.2) is 0 Å². The van der Waals surface area contributed by atoms with Gasteiger partial charge in [0.1, 0.15) is 0 Å². The number of hydrogen-bond acceptors (Lipinski definition) is 3. The van der Waals surface area contributed by atoms with E-state index >= 15 is 0 Å². The Morgan fingerprint density at radius 3 is 2.68 bits per heavy atom. The van der Waals surface area contributed by atoms with E-state index in [4.69, 9.17) is 5.73 Å². The number of hydrogen-bond donors (Lipinski definition) is 2. The van der Waals surface area contributed by atoms with E-state index in [2.05, 4.69) is 5.32 Å². The van der Waals surface area contributed by atoms with Gasteiger partial charge in [-0.1, -0.05) is 44.2 Å². The number of likely N-dealkylation sites (tertiary alicyclic amines) is 1. The van der Waals surface area contributed by atoms with Gasteiger partial charge in [0, 0.05) is 31.6 Å². The zero-order chi connectivity index (χ0) is 16.1. The third-order valence-corrected chi connectivity index (χ3v) is 4.33. The largest absolute Gasteiger partial charge is 0.351 e. The molecule has 1 saturated heterocycles. The zero-order valence-electron chi connectivity index (χ0n) is 13.3. The van der Waals surface area contributed by atoms with Gasteiger partial charge in [0.05, 0.1) is 5.92 Å². The molecule has 3 atom stereocenters. The summed E-state index contributed by atoms with van der Waals surface area (Å²) in [5.41, 5.74) is 7.14. The minimum absolute atomic E-state index is 0.0356. The fourth-order valence-corrected chi connectivity index (χ4v) is 2.79. The summed E-state index contributed by atoms with van der Waals surface area (Å²) in [6.45, 7) is 5.02. The Bertz CT molecular complexity index is 518. The summed E-state index contributed by atoms with van der Waals surface area (Å²) in [6, 6.07) is 9.36. The number of carbonyl (C=O) groups excluding carboxylic acids is 2. The minimum Gasteiger partial charge on any atom is -0.351 e. The molecule has 0 spiro atoms. The maximum atomic E-state index is 12.4. The fourth-order valence-electron chi connectivity index (χ4n) is 2.79. The van der Waals surface area contributed by atoms with Crippen LogP contribution in [0.2, 0.25) is 0 Å². The number of nitrogens with one attached hydrogen (secondary N) is 1. The first-order chi connectivity index (χ1) is 10.5. The first-order valence-corrected chi connectivity index (χ1v) is 7.91. The summed E-state index contributed by atoms with van der Waals surface area (Å²) in [7, 11) is 0. The van der Waals surface area contributed by atoms with Crippen LogP contribution in [0.15, 0.2) is 30.3 Å². The Morgan fingerprint density at radius 1 is 1.36 bits per heavy atom. The Balaban J connectivity index is 1.88. The van der Waals surface area contributed by atoms with Gasteiger partial charge in [0.25, 0.3) is 0 Å². The molecule has 1 aliphatic rings. The van der Waals surface area contributed by atoms with Gasteiger partial charge in [-0.3, -0.25) is 9.59 Å². The van der Waals surface area contributed by atoms with Crippen molar-refractivity contribution in [2.24, 2.45) is 11.7 Å². The van der Waals surface area contributed by atoms with Crippen molar-refractivity contribution in [3.05, 3.63) is 35.9 Å². The summed E-state index contributed by atoms with van der Waals surface area (Å²) in [4.78, 5) is 25.8. The van der Waals surface area contributed by atoms with E-state index in [1.807, 2.05) is 49.1 Å². The van der Waals surface area contributed by atoms with E-state index in [0.717, 1.165) is 18.5 Å². The molecule has 3 unspecified atom stereocenters. The van der Waals surface area contributed by atoms with E-state index in [0.29, 0.717) is 13.0 Å². The number of carbonyl (C=O) groups is 2. The lowest BCUT2D eigenvalue weighted by Gasteiger charge is -2.22. The van der Waals surface area contributed by atoms with Crippen LogP contribution in [0.3, 0.4) is 0 Å². The van der Waals surface area contributed by atoms with Crippen LogP contribution in [-0.4, -0.2) is 35.8 Å². The molecule has 0 radical (unpaired) electrons. The van der Waals surface area contributed by atoms with Crippen molar-refractivity contribution in [1.82, 2.24) is 10.2 Å². The Kier molecular flexibility index (Phi) is 5.55. The Morgan fingerprint density at radius 2 is 2.05 bits per heavy atom. The lowest BCUT2D eigenvalue weighted by molar-refractivity contribution is -0.130. The maximum absolute atomic E-state index is 12.4. The number of nitrogens with zero attached hydrogens (tertiary/aromatic N) is 1. The smallest absolute Gasteiger partial charge is 0.225 e. The molecule has 120 valence electrons. The van der Waals surface area contributed by atoms with E-state index in [1.165, 1.54) is 0 Å². The molecule has 3 N–H and O–H groups in total. The van der Waals surface area contributed by atoms with Crippen LogP contribution in [0.4, 0.5) is 0 Å². The molecular formula is C17H25N3O2. The molecule has 0 aromatic heterocycles. The molecule has 0 bridgehead atoms. The number of rotatable bonds is 5. The lowest BCUT2D eigenvalue weighted by atomic mass is 9.94. The highest BCUT2D eigenvalue weighted by Gasteiger charge is 2.29. The third kappa shape index (κ3) is 3.85. The zero-order valence-corrected chi connectivity index (χ0v) is 13.3.